The minimum atomic E-state index is 1.16. The van der Waals surface area contributed by atoms with Crippen LogP contribution in [0.25, 0.3) is 119 Å². The van der Waals surface area contributed by atoms with E-state index in [0.717, 1.165) is 22.1 Å². The van der Waals surface area contributed by atoms with E-state index >= 15 is 0 Å². The molecule has 0 spiro atoms. The summed E-state index contributed by atoms with van der Waals surface area (Å²) in [5.41, 5.74) is 11.8. The van der Waals surface area contributed by atoms with Crippen molar-refractivity contribution in [1.82, 2.24) is 19.1 Å². The molecule has 59 heavy (non-hydrogen) atoms. The van der Waals surface area contributed by atoms with Crippen LogP contribution in [0.2, 0.25) is 0 Å². The zero-order chi connectivity index (χ0) is 38.6. The van der Waals surface area contributed by atoms with E-state index in [1.807, 2.05) is 36.1 Å². The lowest BCUT2D eigenvalue weighted by molar-refractivity contribution is 1.18. The summed E-state index contributed by atoms with van der Waals surface area (Å²) in [6, 6.07) is 61.9. The molecule has 0 N–H and O–H groups in total. The molecule has 5 aromatic heterocycles. The molecule has 13 aromatic rings. The molecule has 0 unspecified atom stereocenters. The first-order valence-electron chi connectivity index (χ1n) is 20.0. The first-order chi connectivity index (χ1) is 29.3. The maximum atomic E-state index is 4.68. The van der Waals surface area contributed by atoms with Crippen LogP contribution in [0.15, 0.2) is 195 Å². The first kappa shape index (κ1) is 32.5. The normalized spacial score (nSPS) is 12.1. The number of para-hydroxylation sites is 4. The van der Waals surface area contributed by atoms with Crippen LogP contribution in [0.1, 0.15) is 0 Å². The van der Waals surface area contributed by atoms with Crippen LogP contribution >= 0.6 is 11.3 Å². The van der Waals surface area contributed by atoms with Crippen LogP contribution < -0.4 is 0 Å². The van der Waals surface area contributed by atoms with Crippen molar-refractivity contribution in [2.75, 3.05) is 0 Å². The van der Waals surface area contributed by atoms with Gasteiger partial charge in [-0.05, 0) is 107 Å². The van der Waals surface area contributed by atoms with Gasteiger partial charge in [0, 0.05) is 99.4 Å². The number of thiophene rings is 1. The van der Waals surface area contributed by atoms with E-state index < -0.39 is 0 Å². The van der Waals surface area contributed by atoms with Crippen molar-refractivity contribution in [3.05, 3.63) is 195 Å². The fraction of sp³-hybridized carbons (Fsp3) is 0. The average Bonchev–Trinajstić information content (AvgIpc) is 3.96. The second kappa shape index (κ2) is 12.4. The highest BCUT2D eigenvalue weighted by molar-refractivity contribution is 7.27. The summed E-state index contributed by atoms with van der Waals surface area (Å²) in [5.74, 6) is 0. The highest BCUT2D eigenvalue weighted by Gasteiger charge is 2.20. The number of rotatable bonds is 4. The van der Waals surface area contributed by atoms with Gasteiger partial charge in [0.15, 0.2) is 0 Å². The second-order valence-corrected chi connectivity index (χ2v) is 16.4. The maximum Gasteiger partial charge on any atom is 0.0541 e. The van der Waals surface area contributed by atoms with Crippen molar-refractivity contribution >= 4 is 96.7 Å². The third-order valence-corrected chi connectivity index (χ3v) is 13.6. The van der Waals surface area contributed by atoms with Crippen molar-refractivity contribution in [3.8, 4) is 33.6 Å². The van der Waals surface area contributed by atoms with Crippen LogP contribution in [0.5, 0.6) is 0 Å². The molecule has 0 aliphatic heterocycles. The standard InChI is InChI=1S/C54H32N4S/c1-3-11-35(12-4-1)57-49-17-9-7-15-37(49)43-27-33(19-21-51(43)57)41-29-45-46-30-42(48-32-56-26-24-40(48)54(46)59-53(45)39-23-25-55-31-47(39)41)34-20-22-52-44(28-34)38-16-8-10-18-50(38)58(52)36-13-5-2-6-14-36/h1-32H. The van der Waals surface area contributed by atoms with Crippen molar-refractivity contribution in [1.29, 1.82) is 0 Å². The van der Waals surface area contributed by atoms with Gasteiger partial charge in [-0.25, -0.2) is 0 Å². The molecule has 4 nitrogen and oxygen atoms in total. The average molecular weight is 769 g/mol. The van der Waals surface area contributed by atoms with Crippen molar-refractivity contribution < 1.29 is 0 Å². The zero-order valence-electron chi connectivity index (χ0n) is 31.7. The third kappa shape index (κ3) is 4.71. The number of aromatic nitrogens is 4. The Kier molecular flexibility index (Phi) is 6.85. The van der Waals surface area contributed by atoms with Crippen LogP contribution in [0.3, 0.4) is 0 Å². The van der Waals surface area contributed by atoms with Gasteiger partial charge in [-0.15, -0.1) is 11.3 Å². The van der Waals surface area contributed by atoms with E-state index in [1.165, 1.54) is 96.8 Å². The van der Waals surface area contributed by atoms with Gasteiger partial charge in [0.1, 0.15) is 0 Å². The minimum absolute atomic E-state index is 1.16. The number of hydrogen-bond donors (Lipinski definition) is 0. The molecule has 13 rings (SSSR count). The Balaban J connectivity index is 1.07. The second-order valence-electron chi connectivity index (χ2n) is 15.4. The molecule has 5 heteroatoms. The zero-order valence-corrected chi connectivity index (χ0v) is 32.5. The molecule has 0 aliphatic rings. The quantitative estimate of drug-likeness (QED) is 0.179. The molecule has 0 bridgehead atoms. The summed E-state index contributed by atoms with van der Waals surface area (Å²) < 4.78 is 7.31. The third-order valence-electron chi connectivity index (χ3n) is 12.3. The number of nitrogens with zero attached hydrogens (tertiary/aromatic N) is 4. The van der Waals surface area contributed by atoms with Crippen molar-refractivity contribution in [3.63, 3.8) is 0 Å². The Morgan fingerprint density at radius 2 is 0.746 bits per heavy atom. The summed E-state index contributed by atoms with van der Waals surface area (Å²) >= 11 is 1.88. The molecule has 8 aromatic carbocycles. The van der Waals surface area contributed by atoms with E-state index in [0.29, 0.717) is 0 Å². The topological polar surface area (TPSA) is 35.6 Å². The number of pyridine rings is 2. The lowest BCUT2D eigenvalue weighted by Gasteiger charge is -2.11. The van der Waals surface area contributed by atoms with E-state index in [4.69, 9.17) is 0 Å². The summed E-state index contributed by atoms with van der Waals surface area (Å²) in [4.78, 5) is 9.36. The molecule has 0 radical (unpaired) electrons. The molecular formula is C54H32N4S. The largest absolute Gasteiger partial charge is 0.309 e. The van der Waals surface area contributed by atoms with Gasteiger partial charge >= 0.3 is 0 Å². The van der Waals surface area contributed by atoms with Crippen LogP contribution in [0.4, 0.5) is 0 Å². The number of fused-ring (bicyclic) bond motifs is 13. The smallest absolute Gasteiger partial charge is 0.0541 e. The minimum Gasteiger partial charge on any atom is -0.309 e. The molecule has 5 heterocycles. The predicted octanol–water partition coefficient (Wildman–Crippen LogP) is 14.7. The van der Waals surface area contributed by atoms with Gasteiger partial charge in [-0.2, -0.15) is 0 Å². The van der Waals surface area contributed by atoms with Gasteiger partial charge < -0.3 is 9.13 Å². The van der Waals surface area contributed by atoms with Crippen LogP contribution in [0, 0.1) is 0 Å². The molecule has 0 atom stereocenters. The van der Waals surface area contributed by atoms with E-state index in [-0.39, 0.29) is 0 Å². The molecule has 0 aliphatic carbocycles. The molecule has 0 saturated carbocycles. The van der Waals surface area contributed by atoms with E-state index in [1.54, 1.807) is 0 Å². The molecule has 274 valence electrons. The number of benzene rings is 8. The lowest BCUT2D eigenvalue weighted by Crippen LogP contribution is -1.93. The highest BCUT2D eigenvalue weighted by Crippen LogP contribution is 2.48. The Morgan fingerprint density at radius 1 is 0.322 bits per heavy atom. The first-order valence-corrected chi connectivity index (χ1v) is 20.8. The highest BCUT2D eigenvalue weighted by atomic mass is 32.1. The van der Waals surface area contributed by atoms with Crippen molar-refractivity contribution in [2.45, 2.75) is 0 Å². The van der Waals surface area contributed by atoms with Gasteiger partial charge in [0.25, 0.3) is 0 Å². The molecular weight excluding hydrogens is 737 g/mol. The summed E-state index contributed by atoms with van der Waals surface area (Å²) in [7, 11) is 0. The van der Waals surface area contributed by atoms with E-state index in [2.05, 4.69) is 189 Å². The van der Waals surface area contributed by atoms with Gasteiger partial charge in [-0.1, -0.05) is 84.9 Å². The number of hydrogen-bond acceptors (Lipinski definition) is 3. The summed E-state index contributed by atoms with van der Waals surface area (Å²) in [6.07, 6.45) is 7.95. The van der Waals surface area contributed by atoms with Gasteiger partial charge in [0.2, 0.25) is 0 Å². The summed E-state index contributed by atoms with van der Waals surface area (Å²) in [5, 5.41) is 12.2. The van der Waals surface area contributed by atoms with Crippen molar-refractivity contribution in [2.24, 2.45) is 0 Å². The van der Waals surface area contributed by atoms with Gasteiger partial charge in [-0.3, -0.25) is 9.97 Å². The van der Waals surface area contributed by atoms with Gasteiger partial charge in [0.05, 0.1) is 22.1 Å². The van der Waals surface area contributed by atoms with Crippen LogP contribution in [-0.2, 0) is 0 Å². The molecule has 0 fully saturated rings. The van der Waals surface area contributed by atoms with E-state index in [9.17, 15) is 0 Å². The summed E-state index contributed by atoms with van der Waals surface area (Å²) in [6.45, 7) is 0. The maximum absolute atomic E-state index is 4.68. The SMILES string of the molecule is c1ccc(-n2c3ccccc3c3cc(-c4cc5c6cc(-c7ccc8c(c7)c7ccccc7n8-c7ccccc7)c7cnccc7c6sc5c5ccncc45)ccc32)cc1. The van der Waals surface area contributed by atoms with Crippen LogP contribution in [-0.4, -0.2) is 19.1 Å². The molecule has 0 amide bonds. The monoisotopic (exact) mass is 768 g/mol. The Hall–Kier alpha value is -7.60. The lowest BCUT2D eigenvalue weighted by atomic mass is 9.93. The predicted molar refractivity (Wildman–Crippen MR) is 249 cm³/mol. The Labute approximate surface area is 342 Å². The Bertz CT molecular complexity index is 3590. The molecule has 0 saturated heterocycles. The fourth-order valence-corrected chi connectivity index (χ4v) is 11.0. The Morgan fingerprint density at radius 3 is 1.22 bits per heavy atom. The fourth-order valence-electron chi connectivity index (χ4n) is 9.67.